The molecular weight excluding hydrogens is 310 g/mol. The minimum atomic E-state index is -0.866. The number of ether oxygens (including phenoxy) is 2. The molecule has 24 heavy (non-hydrogen) atoms. The quantitative estimate of drug-likeness (QED) is 0.762. The topological polar surface area (TPSA) is 84.9 Å². The Morgan fingerprint density at radius 1 is 1.12 bits per heavy atom. The second-order valence-corrected chi connectivity index (χ2v) is 6.33. The third-order valence-electron chi connectivity index (χ3n) is 4.51. The van der Waals surface area contributed by atoms with Gasteiger partial charge in [0.2, 0.25) is 5.91 Å². The van der Waals surface area contributed by atoms with E-state index < -0.39 is 11.5 Å². The van der Waals surface area contributed by atoms with Crippen LogP contribution < -0.4 is 14.8 Å². The number of carbonyl (C=O) groups excluding carboxylic acids is 1. The minimum Gasteiger partial charge on any atom is -0.497 e. The number of methoxy groups -OCH3 is 2. The van der Waals surface area contributed by atoms with Crippen molar-refractivity contribution in [2.75, 3.05) is 14.2 Å². The van der Waals surface area contributed by atoms with Gasteiger partial charge >= 0.3 is 5.97 Å². The number of benzene rings is 1. The Bertz CT molecular complexity index is 571. The van der Waals surface area contributed by atoms with Gasteiger partial charge < -0.3 is 19.9 Å². The van der Waals surface area contributed by atoms with Crippen LogP contribution in [0.3, 0.4) is 0 Å². The molecule has 6 nitrogen and oxygen atoms in total. The van der Waals surface area contributed by atoms with Crippen LogP contribution in [0.15, 0.2) is 18.2 Å². The van der Waals surface area contributed by atoms with Gasteiger partial charge in [0.05, 0.1) is 26.2 Å². The summed E-state index contributed by atoms with van der Waals surface area (Å²) in [5.41, 5.74) is 0.370. The summed E-state index contributed by atoms with van der Waals surface area (Å²) in [6.07, 6.45) is 4.23. The van der Waals surface area contributed by atoms with Crippen LogP contribution in [0.2, 0.25) is 0 Å². The lowest BCUT2D eigenvalue weighted by Gasteiger charge is -2.28. The number of rotatable bonds is 8. The summed E-state index contributed by atoms with van der Waals surface area (Å²) in [5.74, 6) is 0.389. The molecule has 0 saturated heterocycles. The summed E-state index contributed by atoms with van der Waals surface area (Å²) in [5, 5.41) is 12.1. The van der Waals surface area contributed by atoms with Crippen molar-refractivity contribution in [2.24, 2.45) is 0 Å². The number of aliphatic carboxylic acids is 1. The molecule has 6 heteroatoms. The largest absolute Gasteiger partial charge is 0.497 e. The number of carboxylic acids is 1. The van der Waals surface area contributed by atoms with E-state index in [2.05, 4.69) is 5.32 Å². The van der Waals surface area contributed by atoms with E-state index in [0.717, 1.165) is 31.2 Å². The van der Waals surface area contributed by atoms with Gasteiger partial charge in [0, 0.05) is 12.5 Å². The van der Waals surface area contributed by atoms with Crippen LogP contribution in [0, 0.1) is 0 Å². The molecule has 0 heterocycles. The highest BCUT2D eigenvalue weighted by molar-refractivity contribution is 5.78. The zero-order valence-corrected chi connectivity index (χ0v) is 14.3. The van der Waals surface area contributed by atoms with Gasteiger partial charge in [0.1, 0.15) is 11.5 Å². The van der Waals surface area contributed by atoms with Crippen LogP contribution in [0.25, 0.3) is 0 Å². The first-order chi connectivity index (χ1) is 11.5. The lowest BCUT2D eigenvalue weighted by atomic mass is 9.92. The zero-order chi connectivity index (χ0) is 17.6. The van der Waals surface area contributed by atoms with Gasteiger partial charge in [-0.3, -0.25) is 9.59 Å². The van der Waals surface area contributed by atoms with Gasteiger partial charge in [0.25, 0.3) is 0 Å². The van der Waals surface area contributed by atoms with Gasteiger partial charge in [-0.15, -0.1) is 0 Å². The molecule has 1 aromatic carbocycles. The molecule has 1 aromatic rings. The van der Waals surface area contributed by atoms with E-state index in [-0.39, 0.29) is 12.3 Å². The van der Waals surface area contributed by atoms with Crippen molar-refractivity contribution in [3.05, 3.63) is 23.8 Å². The maximum atomic E-state index is 12.3. The Balaban J connectivity index is 1.96. The van der Waals surface area contributed by atoms with Gasteiger partial charge in [-0.25, -0.2) is 0 Å². The lowest BCUT2D eigenvalue weighted by Crippen LogP contribution is -2.47. The van der Waals surface area contributed by atoms with Crippen LogP contribution in [0.1, 0.15) is 44.1 Å². The molecule has 1 aliphatic rings. The summed E-state index contributed by atoms with van der Waals surface area (Å²) in [6.45, 7) is 0. The highest BCUT2D eigenvalue weighted by atomic mass is 16.5. The van der Waals surface area contributed by atoms with Crippen LogP contribution >= 0.6 is 0 Å². The molecule has 0 atom stereocenters. The third-order valence-corrected chi connectivity index (χ3v) is 4.51. The Hall–Kier alpha value is -2.24. The number of nitrogens with one attached hydrogen (secondary N) is 1. The molecule has 0 unspecified atom stereocenters. The minimum absolute atomic E-state index is 0.00821. The van der Waals surface area contributed by atoms with Crippen molar-refractivity contribution in [1.82, 2.24) is 5.32 Å². The zero-order valence-electron chi connectivity index (χ0n) is 14.3. The Morgan fingerprint density at radius 2 is 1.71 bits per heavy atom. The summed E-state index contributed by atoms with van der Waals surface area (Å²) in [7, 11) is 3.17. The van der Waals surface area contributed by atoms with Gasteiger partial charge in [-0.1, -0.05) is 12.8 Å². The molecule has 0 spiro atoms. The molecule has 0 aromatic heterocycles. The number of carbonyl (C=O) groups is 2. The SMILES string of the molecule is COc1cc(CCC(=O)NC2(CC(=O)O)CCCC2)cc(OC)c1. The second-order valence-electron chi connectivity index (χ2n) is 6.33. The van der Waals surface area contributed by atoms with Crippen LogP contribution in [-0.4, -0.2) is 36.7 Å². The highest BCUT2D eigenvalue weighted by Gasteiger charge is 2.37. The monoisotopic (exact) mass is 335 g/mol. The maximum absolute atomic E-state index is 12.3. The molecule has 2 N–H and O–H groups in total. The fraction of sp³-hybridized carbons (Fsp3) is 0.556. The fourth-order valence-corrected chi connectivity index (χ4v) is 3.31. The van der Waals surface area contributed by atoms with E-state index in [1.807, 2.05) is 12.1 Å². The maximum Gasteiger partial charge on any atom is 0.305 e. The van der Waals surface area contributed by atoms with E-state index in [4.69, 9.17) is 14.6 Å². The normalized spacial score (nSPS) is 15.8. The first kappa shape index (κ1) is 18.1. The first-order valence-electron chi connectivity index (χ1n) is 8.21. The van der Waals surface area contributed by atoms with Crippen molar-refractivity contribution in [3.8, 4) is 11.5 Å². The molecule has 0 bridgehead atoms. The van der Waals surface area contributed by atoms with E-state index in [1.54, 1.807) is 20.3 Å². The molecule has 0 aliphatic heterocycles. The van der Waals surface area contributed by atoms with Crippen LogP contribution in [-0.2, 0) is 16.0 Å². The number of hydrogen-bond acceptors (Lipinski definition) is 4. The number of hydrogen-bond donors (Lipinski definition) is 2. The number of aryl methyl sites for hydroxylation is 1. The van der Waals surface area contributed by atoms with E-state index in [9.17, 15) is 9.59 Å². The molecule has 1 amide bonds. The summed E-state index contributed by atoms with van der Waals surface area (Å²) >= 11 is 0. The smallest absolute Gasteiger partial charge is 0.305 e. The molecule has 0 radical (unpaired) electrons. The lowest BCUT2D eigenvalue weighted by molar-refractivity contribution is -0.139. The summed E-state index contributed by atoms with van der Waals surface area (Å²) < 4.78 is 10.5. The Kier molecular flexibility index (Phi) is 6.06. The van der Waals surface area contributed by atoms with Crippen molar-refractivity contribution in [1.29, 1.82) is 0 Å². The first-order valence-corrected chi connectivity index (χ1v) is 8.21. The van der Waals surface area contributed by atoms with E-state index >= 15 is 0 Å². The Morgan fingerprint density at radius 3 is 2.21 bits per heavy atom. The summed E-state index contributed by atoms with van der Waals surface area (Å²) in [4.78, 5) is 23.4. The second kappa shape index (κ2) is 8.04. The number of carboxylic acid groups (broad SMARTS) is 1. The predicted molar refractivity (Wildman–Crippen MR) is 89.5 cm³/mol. The van der Waals surface area contributed by atoms with Gasteiger partial charge in [-0.2, -0.15) is 0 Å². The summed E-state index contributed by atoms with van der Waals surface area (Å²) in [6, 6.07) is 5.53. The van der Waals surface area contributed by atoms with E-state index in [0.29, 0.717) is 24.3 Å². The average molecular weight is 335 g/mol. The molecule has 1 saturated carbocycles. The predicted octanol–water partition coefficient (Wildman–Crippen LogP) is 2.54. The van der Waals surface area contributed by atoms with Crippen LogP contribution in [0.4, 0.5) is 0 Å². The third kappa shape index (κ3) is 4.88. The fourth-order valence-electron chi connectivity index (χ4n) is 3.31. The molecule has 1 fully saturated rings. The highest BCUT2D eigenvalue weighted by Crippen LogP contribution is 2.33. The van der Waals surface area contributed by atoms with Crippen molar-refractivity contribution in [3.63, 3.8) is 0 Å². The van der Waals surface area contributed by atoms with Gasteiger partial charge in [0.15, 0.2) is 0 Å². The Labute approximate surface area is 142 Å². The molecule has 1 aliphatic carbocycles. The molecule has 132 valence electrons. The van der Waals surface area contributed by atoms with Crippen LogP contribution in [0.5, 0.6) is 11.5 Å². The molecular formula is C18H25NO5. The average Bonchev–Trinajstić information content (AvgIpc) is 2.99. The molecule has 2 rings (SSSR count). The standard InChI is InChI=1S/C18H25NO5/c1-23-14-9-13(10-15(11-14)24-2)5-6-16(20)19-18(12-17(21)22)7-3-4-8-18/h9-11H,3-8,12H2,1-2H3,(H,19,20)(H,21,22). The van der Waals surface area contributed by atoms with Crippen molar-refractivity contribution in [2.45, 2.75) is 50.5 Å². The van der Waals surface area contributed by atoms with Crippen molar-refractivity contribution < 1.29 is 24.2 Å². The van der Waals surface area contributed by atoms with Crippen molar-refractivity contribution >= 4 is 11.9 Å². The number of amides is 1. The van der Waals surface area contributed by atoms with E-state index in [1.165, 1.54) is 0 Å². The van der Waals surface area contributed by atoms with Gasteiger partial charge in [-0.05, 0) is 37.0 Å².